The minimum absolute atomic E-state index is 0.0803. The third-order valence-electron chi connectivity index (χ3n) is 14.5. The van der Waals surface area contributed by atoms with Crippen LogP contribution in [0.3, 0.4) is 0 Å². The van der Waals surface area contributed by atoms with Gasteiger partial charge >= 0.3 is 17.9 Å². The predicted octanol–water partition coefficient (Wildman–Crippen LogP) is 22.2. The molecule has 0 heterocycles. The summed E-state index contributed by atoms with van der Waals surface area (Å²) in [6.07, 6.45) is 78.5. The standard InChI is InChI=1S/C68H124O6/c1-4-7-10-13-16-19-22-25-27-28-29-30-31-32-33-34-35-36-37-38-39-41-43-46-49-52-55-58-61-67(70)73-64-65(63-72-66(69)60-57-54-51-48-45-42-24-21-18-15-12-9-6-3)74-68(71)62-59-56-53-50-47-44-40-26-23-20-17-14-11-8-5-2/h12,15,17,20-21,24,26,40,65H,4-11,13-14,16,18-19,22-23,25,27-39,41-64H2,1-3H3/b15-12-,20-17-,24-21-,40-26-. The van der Waals surface area contributed by atoms with E-state index in [0.29, 0.717) is 19.3 Å². The second kappa shape index (κ2) is 62.9. The zero-order chi connectivity index (χ0) is 53.6. The van der Waals surface area contributed by atoms with E-state index in [-0.39, 0.29) is 31.1 Å². The van der Waals surface area contributed by atoms with Crippen LogP contribution < -0.4 is 0 Å². The van der Waals surface area contributed by atoms with Crippen molar-refractivity contribution in [3.05, 3.63) is 48.6 Å². The van der Waals surface area contributed by atoms with Crippen molar-refractivity contribution in [3.8, 4) is 0 Å². The van der Waals surface area contributed by atoms with Crippen LogP contribution in [-0.4, -0.2) is 37.2 Å². The molecule has 0 spiro atoms. The van der Waals surface area contributed by atoms with Crippen LogP contribution in [0.25, 0.3) is 0 Å². The second-order valence-electron chi connectivity index (χ2n) is 22.0. The first-order valence-electron chi connectivity index (χ1n) is 32.6. The maximum atomic E-state index is 12.9. The fraction of sp³-hybridized carbons (Fsp3) is 0.838. The third kappa shape index (κ3) is 60.2. The Kier molecular flexibility index (Phi) is 60.7. The van der Waals surface area contributed by atoms with Crippen LogP contribution >= 0.6 is 0 Å². The predicted molar refractivity (Wildman–Crippen MR) is 321 cm³/mol. The first-order valence-corrected chi connectivity index (χ1v) is 32.6. The lowest BCUT2D eigenvalue weighted by Gasteiger charge is -2.18. The van der Waals surface area contributed by atoms with E-state index >= 15 is 0 Å². The molecule has 0 aliphatic carbocycles. The molecular weight excluding hydrogens is 913 g/mol. The first kappa shape index (κ1) is 71.4. The Bertz CT molecular complexity index is 1280. The van der Waals surface area contributed by atoms with Crippen LogP contribution in [0.4, 0.5) is 0 Å². The number of hydrogen-bond donors (Lipinski definition) is 0. The van der Waals surface area contributed by atoms with Crippen LogP contribution in [0.1, 0.15) is 348 Å². The van der Waals surface area contributed by atoms with Crippen LogP contribution in [0.15, 0.2) is 48.6 Å². The Morgan fingerprint density at radius 3 is 0.824 bits per heavy atom. The van der Waals surface area contributed by atoms with Crippen molar-refractivity contribution in [2.75, 3.05) is 13.2 Å². The highest BCUT2D eigenvalue weighted by atomic mass is 16.6. The Hall–Kier alpha value is -2.63. The van der Waals surface area contributed by atoms with Gasteiger partial charge in [-0.15, -0.1) is 0 Å². The number of allylic oxidation sites excluding steroid dienone is 8. The van der Waals surface area contributed by atoms with Gasteiger partial charge in [0, 0.05) is 19.3 Å². The van der Waals surface area contributed by atoms with Gasteiger partial charge in [0.15, 0.2) is 6.10 Å². The molecule has 6 heteroatoms. The fourth-order valence-corrected chi connectivity index (χ4v) is 9.63. The van der Waals surface area contributed by atoms with Crippen molar-refractivity contribution >= 4 is 17.9 Å². The monoisotopic (exact) mass is 1040 g/mol. The van der Waals surface area contributed by atoms with Crippen LogP contribution in [0, 0.1) is 0 Å². The largest absolute Gasteiger partial charge is 0.462 e. The molecule has 432 valence electrons. The summed E-state index contributed by atoms with van der Waals surface area (Å²) in [5, 5.41) is 0. The van der Waals surface area contributed by atoms with E-state index in [4.69, 9.17) is 14.2 Å². The quantitative estimate of drug-likeness (QED) is 0.0261. The molecule has 0 bridgehead atoms. The van der Waals surface area contributed by atoms with Gasteiger partial charge < -0.3 is 14.2 Å². The summed E-state index contributed by atoms with van der Waals surface area (Å²) in [7, 11) is 0. The zero-order valence-corrected chi connectivity index (χ0v) is 49.6. The zero-order valence-electron chi connectivity index (χ0n) is 49.6. The summed E-state index contributed by atoms with van der Waals surface area (Å²) >= 11 is 0. The van der Waals surface area contributed by atoms with Gasteiger partial charge in [-0.3, -0.25) is 14.4 Å². The number of carbonyl (C=O) groups excluding carboxylic acids is 3. The summed E-state index contributed by atoms with van der Waals surface area (Å²) in [4.78, 5) is 38.2. The maximum absolute atomic E-state index is 12.9. The van der Waals surface area contributed by atoms with Gasteiger partial charge in [-0.25, -0.2) is 0 Å². The van der Waals surface area contributed by atoms with Gasteiger partial charge in [-0.05, 0) is 77.0 Å². The molecule has 0 fully saturated rings. The highest BCUT2D eigenvalue weighted by Gasteiger charge is 2.19. The molecule has 1 atom stereocenters. The Morgan fingerprint density at radius 1 is 0.270 bits per heavy atom. The Balaban J connectivity index is 4.18. The Labute approximate surface area is 460 Å². The van der Waals surface area contributed by atoms with Crippen LogP contribution in [0.5, 0.6) is 0 Å². The van der Waals surface area contributed by atoms with Gasteiger partial charge in [-0.1, -0.05) is 301 Å². The summed E-state index contributed by atoms with van der Waals surface area (Å²) in [6, 6.07) is 0. The molecular formula is C68H124O6. The fourth-order valence-electron chi connectivity index (χ4n) is 9.63. The van der Waals surface area contributed by atoms with Gasteiger partial charge in [0.2, 0.25) is 0 Å². The molecule has 0 radical (unpaired) electrons. The topological polar surface area (TPSA) is 78.9 Å². The number of hydrogen-bond acceptors (Lipinski definition) is 6. The van der Waals surface area contributed by atoms with Crippen molar-refractivity contribution in [2.24, 2.45) is 0 Å². The van der Waals surface area contributed by atoms with Crippen molar-refractivity contribution in [1.29, 1.82) is 0 Å². The number of ether oxygens (including phenoxy) is 3. The van der Waals surface area contributed by atoms with Crippen molar-refractivity contribution in [2.45, 2.75) is 354 Å². The number of carbonyl (C=O) groups is 3. The number of rotatable bonds is 60. The van der Waals surface area contributed by atoms with E-state index in [1.165, 1.54) is 199 Å². The lowest BCUT2D eigenvalue weighted by molar-refractivity contribution is -0.167. The van der Waals surface area contributed by atoms with E-state index in [1.54, 1.807) is 0 Å². The molecule has 0 aromatic carbocycles. The summed E-state index contributed by atoms with van der Waals surface area (Å²) < 4.78 is 16.9. The second-order valence-corrected chi connectivity index (χ2v) is 22.0. The molecule has 0 aliphatic rings. The molecule has 0 aromatic rings. The van der Waals surface area contributed by atoms with Crippen molar-refractivity contribution < 1.29 is 28.6 Å². The van der Waals surface area contributed by atoms with E-state index in [0.717, 1.165) is 109 Å². The number of unbranched alkanes of at least 4 members (excludes halogenated alkanes) is 41. The SMILES string of the molecule is CCC/C=C\C/C=C\CCCCCCCC(=O)OCC(COC(=O)CCCCCCCCCCCCCCCCCCCCCCCCCCCCCC)OC(=O)CCCCCCC/C=C\C/C=C\CCCCC. The maximum Gasteiger partial charge on any atom is 0.306 e. The molecule has 6 nitrogen and oxygen atoms in total. The minimum atomic E-state index is -0.785. The smallest absolute Gasteiger partial charge is 0.306 e. The van der Waals surface area contributed by atoms with Crippen molar-refractivity contribution in [3.63, 3.8) is 0 Å². The summed E-state index contributed by atoms with van der Waals surface area (Å²) in [5.74, 6) is -0.891. The highest BCUT2D eigenvalue weighted by molar-refractivity contribution is 5.71. The van der Waals surface area contributed by atoms with E-state index in [9.17, 15) is 14.4 Å². The molecule has 0 aliphatic heterocycles. The molecule has 0 amide bonds. The molecule has 0 saturated carbocycles. The van der Waals surface area contributed by atoms with E-state index in [2.05, 4.69) is 69.4 Å². The van der Waals surface area contributed by atoms with E-state index < -0.39 is 6.10 Å². The molecule has 0 saturated heterocycles. The molecule has 74 heavy (non-hydrogen) atoms. The normalized spacial score (nSPS) is 12.3. The van der Waals surface area contributed by atoms with Crippen molar-refractivity contribution in [1.82, 2.24) is 0 Å². The lowest BCUT2D eigenvalue weighted by atomic mass is 10.0. The lowest BCUT2D eigenvalue weighted by Crippen LogP contribution is -2.30. The van der Waals surface area contributed by atoms with E-state index in [1.807, 2.05) is 0 Å². The summed E-state index contributed by atoms with van der Waals surface area (Å²) in [6.45, 7) is 6.57. The van der Waals surface area contributed by atoms with Crippen LogP contribution in [0.2, 0.25) is 0 Å². The average Bonchev–Trinajstić information content (AvgIpc) is 3.40. The van der Waals surface area contributed by atoms with Gasteiger partial charge in [-0.2, -0.15) is 0 Å². The number of esters is 3. The summed E-state index contributed by atoms with van der Waals surface area (Å²) in [5.41, 5.74) is 0. The van der Waals surface area contributed by atoms with Gasteiger partial charge in [0.25, 0.3) is 0 Å². The molecule has 0 aromatic heterocycles. The third-order valence-corrected chi connectivity index (χ3v) is 14.5. The average molecular weight is 1040 g/mol. The molecule has 1 unspecified atom stereocenters. The highest BCUT2D eigenvalue weighted by Crippen LogP contribution is 2.18. The molecule has 0 N–H and O–H groups in total. The minimum Gasteiger partial charge on any atom is -0.462 e. The van der Waals surface area contributed by atoms with Gasteiger partial charge in [0.1, 0.15) is 13.2 Å². The molecule has 0 rings (SSSR count). The Morgan fingerprint density at radius 2 is 0.514 bits per heavy atom. The van der Waals surface area contributed by atoms with Crippen LogP contribution in [-0.2, 0) is 28.6 Å². The van der Waals surface area contributed by atoms with Gasteiger partial charge in [0.05, 0.1) is 0 Å². The first-order chi connectivity index (χ1) is 36.5.